The summed E-state index contributed by atoms with van der Waals surface area (Å²) >= 11 is 7.48. The Morgan fingerprint density at radius 3 is 2.50 bits per heavy atom. The summed E-state index contributed by atoms with van der Waals surface area (Å²) in [6.45, 7) is 4.79. The van der Waals surface area contributed by atoms with Crippen LogP contribution in [0, 0.1) is 0 Å². The lowest BCUT2D eigenvalue weighted by atomic mass is 10.1. The summed E-state index contributed by atoms with van der Waals surface area (Å²) < 4.78 is 0. The number of benzene rings is 2. The highest BCUT2D eigenvalue weighted by Gasteiger charge is 2.19. The minimum Gasteiger partial charge on any atom is -0.368 e. The Bertz CT molecular complexity index is 994. The first-order chi connectivity index (χ1) is 14.6. The standard InChI is InChI=1S/C24H26ClN3OS/c1-27-14-16-28(17-15-27)21-5-3-2-4-20(21)22-10-11-23(30-22)24(29)26-13-12-18-6-8-19(25)9-7-18/h2-11H,12-17H2,1H3,(H,26,29). The smallest absolute Gasteiger partial charge is 0.261 e. The molecule has 0 spiro atoms. The number of nitrogens with one attached hydrogen (secondary N) is 1. The third-order valence-electron chi connectivity index (χ3n) is 5.46. The van der Waals surface area contributed by atoms with E-state index in [9.17, 15) is 4.79 Å². The van der Waals surface area contributed by atoms with E-state index in [1.54, 1.807) is 11.3 Å². The van der Waals surface area contributed by atoms with Crippen LogP contribution in [0.4, 0.5) is 5.69 Å². The number of anilines is 1. The number of piperazine rings is 1. The van der Waals surface area contributed by atoms with Crippen LogP contribution in [-0.4, -0.2) is 50.6 Å². The van der Waals surface area contributed by atoms with Gasteiger partial charge in [-0.1, -0.05) is 41.9 Å². The molecule has 1 amide bonds. The molecule has 2 aromatic carbocycles. The number of rotatable bonds is 6. The minimum absolute atomic E-state index is 0.0164. The first-order valence-electron chi connectivity index (χ1n) is 10.3. The van der Waals surface area contributed by atoms with Gasteiger partial charge in [-0.2, -0.15) is 0 Å². The lowest BCUT2D eigenvalue weighted by Crippen LogP contribution is -2.44. The van der Waals surface area contributed by atoms with Crippen molar-refractivity contribution < 1.29 is 4.79 Å². The molecule has 4 rings (SSSR count). The molecule has 1 saturated heterocycles. The molecule has 0 bridgehead atoms. The van der Waals surface area contributed by atoms with Crippen molar-refractivity contribution in [1.82, 2.24) is 10.2 Å². The molecule has 0 unspecified atom stereocenters. The normalized spacial score (nSPS) is 14.7. The summed E-state index contributed by atoms with van der Waals surface area (Å²) in [6, 6.07) is 20.2. The fraction of sp³-hybridized carbons (Fsp3) is 0.292. The van der Waals surface area contributed by atoms with Gasteiger partial charge >= 0.3 is 0 Å². The second kappa shape index (κ2) is 9.65. The number of likely N-dealkylation sites (N-methyl/N-ethyl adjacent to an activating group) is 1. The highest BCUT2D eigenvalue weighted by atomic mass is 35.5. The number of hydrogen-bond acceptors (Lipinski definition) is 4. The van der Waals surface area contributed by atoms with Crippen LogP contribution in [0.25, 0.3) is 10.4 Å². The molecule has 1 aromatic heterocycles. The van der Waals surface area contributed by atoms with E-state index in [0.29, 0.717) is 6.54 Å². The average molecular weight is 440 g/mol. The van der Waals surface area contributed by atoms with Gasteiger partial charge in [0.05, 0.1) is 4.88 Å². The molecule has 156 valence electrons. The molecule has 1 aliphatic heterocycles. The maximum atomic E-state index is 12.6. The minimum atomic E-state index is -0.0164. The molecule has 2 heterocycles. The molecule has 0 atom stereocenters. The van der Waals surface area contributed by atoms with Crippen LogP contribution >= 0.6 is 22.9 Å². The van der Waals surface area contributed by atoms with Gasteiger partial charge < -0.3 is 15.1 Å². The van der Waals surface area contributed by atoms with E-state index in [4.69, 9.17) is 11.6 Å². The SMILES string of the molecule is CN1CCN(c2ccccc2-c2ccc(C(=O)NCCc3ccc(Cl)cc3)s2)CC1. The molecule has 1 aliphatic rings. The maximum Gasteiger partial charge on any atom is 0.261 e. The fourth-order valence-electron chi connectivity index (χ4n) is 3.67. The number of halogens is 1. The molecule has 3 aromatic rings. The zero-order valence-corrected chi connectivity index (χ0v) is 18.7. The van der Waals surface area contributed by atoms with Crippen molar-refractivity contribution in [2.45, 2.75) is 6.42 Å². The lowest BCUT2D eigenvalue weighted by molar-refractivity contribution is 0.0958. The molecule has 1 fully saturated rings. The topological polar surface area (TPSA) is 35.6 Å². The van der Waals surface area contributed by atoms with Crippen molar-refractivity contribution in [2.24, 2.45) is 0 Å². The molecule has 1 N–H and O–H groups in total. The highest BCUT2D eigenvalue weighted by Crippen LogP contribution is 2.35. The van der Waals surface area contributed by atoms with Crippen molar-refractivity contribution in [2.75, 3.05) is 44.7 Å². The first-order valence-corrected chi connectivity index (χ1v) is 11.4. The zero-order chi connectivity index (χ0) is 20.9. The highest BCUT2D eigenvalue weighted by molar-refractivity contribution is 7.17. The molecule has 0 aliphatic carbocycles. The van der Waals surface area contributed by atoms with E-state index in [1.807, 2.05) is 30.3 Å². The van der Waals surface area contributed by atoms with Crippen LogP contribution in [0.5, 0.6) is 0 Å². The van der Waals surface area contributed by atoms with Crippen molar-refractivity contribution in [3.8, 4) is 10.4 Å². The van der Waals surface area contributed by atoms with E-state index < -0.39 is 0 Å². The van der Waals surface area contributed by atoms with Crippen LogP contribution in [0.15, 0.2) is 60.7 Å². The molecule has 4 nitrogen and oxygen atoms in total. The first kappa shape index (κ1) is 20.9. The Kier molecular flexibility index (Phi) is 6.72. The van der Waals surface area contributed by atoms with Gasteiger partial charge in [0.2, 0.25) is 0 Å². The monoisotopic (exact) mass is 439 g/mol. The van der Waals surface area contributed by atoms with Gasteiger partial charge in [0, 0.05) is 53.9 Å². The van der Waals surface area contributed by atoms with Gasteiger partial charge in [-0.3, -0.25) is 4.79 Å². The van der Waals surface area contributed by atoms with Gasteiger partial charge in [-0.15, -0.1) is 11.3 Å². The second-order valence-electron chi connectivity index (χ2n) is 7.60. The van der Waals surface area contributed by atoms with Crippen LogP contribution in [0.2, 0.25) is 5.02 Å². The van der Waals surface area contributed by atoms with Crippen LogP contribution in [0.1, 0.15) is 15.2 Å². The summed E-state index contributed by atoms with van der Waals surface area (Å²) in [5.74, 6) is -0.0164. The van der Waals surface area contributed by atoms with Gasteiger partial charge in [0.15, 0.2) is 0 Å². The number of hydrogen-bond donors (Lipinski definition) is 1. The molecular weight excluding hydrogens is 414 g/mol. The second-order valence-corrected chi connectivity index (χ2v) is 9.12. The number of nitrogens with zero attached hydrogens (tertiary/aromatic N) is 2. The van der Waals surface area contributed by atoms with E-state index in [-0.39, 0.29) is 5.91 Å². The number of amides is 1. The zero-order valence-electron chi connectivity index (χ0n) is 17.1. The Morgan fingerprint density at radius 2 is 1.73 bits per heavy atom. The molecule has 30 heavy (non-hydrogen) atoms. The van der Waals surface area contributed by atoms with Crippen molar-refractivity contribution in [3.63, 3.8) is 0 Å². The summed E-state index contributed by atoms with van der Waals surface area (Å²) in [5.41, 5.74) is 3.61. The Morgan fingerprint density at radius 1 is 1.00 bits per heavy atom. The Labute approximate surface area is 187 Å². The van der Waals surface area contributed by atoms with Gasteiger partial charge in [0.25, 0.3) is 5.91 Å². The van der Waals surface area contributed by atoms with E-state index >= 15 is 0 Å². The van der Waals surface area contributed by atoms with Crippen LogP contribution in [0.3, 0.4) is 0 Å². The Balaban J connectivity index is 1.41. The van der Waals surface area contributed by atoms with E-state index in [0.717, 1.165) is 52.9 Å². The fourth-order valence-corrected chi connectivity index (χ4v) is 4.75. The molecule has 6 heteroatoms. The maximum absolute atomic E-state index is 12.6. The van der Waals surface area contributed by atoms with Gasteiger partial charge in [-0.25, -0.2) is 0 Å². The van der Waals surface area contributed by atoms with Gasteiger partial charge in [0.1, 0.15) is 0 Å². The van der Waals surface area contributed by atoms with Crippen molar-refractivity contribution in [1.29, 1.82) is 0 Å². The van der Waals surface area contributed by atoms with Gasteiger partial charge in [-0.05, 0) is 49.4 Å². The third-order valence-corrected chi connectivity index (χ3v) is 6.83. The Hall–Kier alpha value is -2.34. The largest absolute Gasteiger partial charge is 0.368 e. The summed E-state index contributed by atoms with van der Waals surface area (Å²) in [4.78, 5) is 19.3. The van der Waals surface area contributed by atoms with E-state index in [2.05, 4.69) is 52.5 Å². The number of thiophene rings is 1. The summed E-state index contributed by atoms with van der Waals surface area (Å²) in [7, 11) is 2.17. The van der Waals surface area contributed by atoms with Crippen molar-refractivity contribution in [3.05, 3.63) is 76.1 Å². The van der Waals surface area contributed by atoms with Crippen LogP contribution in [-0.2, 0) is 6.42 Å². The molecular formula is C24H26ClN3OS. The third kappa shape index (κ3) is 5.04. The average Bonchev–Trinajstić information content (AvgIpc) is 3.26. The number of carbonyl (C=O) groups excluding carboxylic acids is 1. The van der Waals surface area contributed by atoms with E-state index in [1.165, 1.54) is 11.3 Å². The summed E-state index contributed by atoms with van der Waals surface area (Å²) in [6.07, 6.45) is 0.785. The van der Waals surface area contributed by atoms with Crippen LogP contribution < -0.4 is 10.2 Å². The number of carbonyl (C=O) groups is 1. The molecule has 0 radical (unpaired) electrons. The number of para-hydroxylation sites is 1. The predicted octanol–water partition coefficient (Wildman–Crippen LogP) is 4.79. The molecule has 0 saturated carbocycles. The summed E-state index contributed by atoms with van der Waals surface area (Å²) in [5, 5.41) is 3.76. The quantitative estimate of drug-likeness (QED) is 0.599. The predicted molar refractivity (Wildman–Crippen MR) is 127 cm³/mol. The van der Waals surface area contributed by atoms with Crippen molar-refractivity contribution >= 4 is 34.5 Å². The lowest BCUT2D eigenvalue weighted by Gasteiger charge is -2.35.